The van der Waals surface area contributed by atoms with Gasteiger partial charge in [0.25, 0.3) is 0 Å². The van der Waals surface area contributed by atoms with Gasteiger partial charge in [0.2, 0.25) is 5.91 Å². The van der Waals surface area contributed by atoms with Crippen LogP contribution in [0.1, 0.15) is 19.8 Å². The minimum absolute atomic E-state index is 0. The van der Waals surface area contributed by atoms with E-state index in [4.69, 9.17) is 0 Å². The summed E-state index contributed by atoms with van der Waals surface area (Å²) >= 11 is 0. The van der Waals surface area contributed by atoms with Crippen molar-refractivity contribution in [3.63, 3.8) is 0 Å². The van der Waals surface area contributed by atoms with E-state index in [0.29, 0.717) is 19.5 Å². The molecule has 2 heterocycles. The Morgan fingerprint density at radius 3 is 2.71 bits per heavy atom. The fourth-order valence-electron chi connectivity index (χ4n) is 3.00. The molecule has 1 N–H and O–H groups in total. The molecule has 21 heavy (non-hydrogen) atoms. The van der Waals surface area contributed by atoms with Gasteiger partial charge in [0, 0.05) is 25.7 Å². The van der Waals surface area contributed by atoms with Crippen molar-refractivity contribution in [1.82, 2.24) is 15.1 Å². The van der Waals surface area contributed by atoms with Crippen LogP contribution in [0.3, 0.4) is 0 Å². The molecule has 1 amide bonds. The summed E-state index contributed by atoms with van der Waals surface area (Å²) in [5, 5.41) is 3.31. The van der Waals surface area contributed by atoms with Gasteiger partial charge >= 0.3 is 0 Å². The highest BCUT2D eigenvalue weighted by atomic mass is 35.5. The van der Waals surface area contributed by atoms with Gasteiger partial charge in [0.05, 0.1) is 18.1 Å². The zero-order valence-corrected chi connectivity index (χ0v) is 14.2. The Kier molecular flexibility index (Phi) is 7.39. The first kappa shape index (κ1) is 18.7. The van der Waals surface area contributed by atoms with Gasteiger partial charge in [-0.3, -0.25) is 9.69 Å². The smallest absolute Gasteiger partial charge is 0.237 e. The zero-order valence-electron chi connectivity index (χ0n) is 12.6. The van der Waals surface area contributed by atoms with Crippen LogP contribution in [0, 0.1) is 0 Å². The first-order valence-corrected chi connectivity index (χ1v) is 9.27. The van der Waals surface area contributed by atoms with Gasteiger partial charge in [-0.2, -0.15) is 0 Å². The van der Waals surface area contributed by atoms with Crippen LogP contribution in [-0.2, 0) is 14.6 Å². The minimum atomic E-state index is -2.94. The van der Waals surface area contributed by atoms with Crippen molar-refractivity contribution in [3.05, 3.63) is 0 Å². The van der Waals surface area contributed by atoms with Gasteiger partial charge in [-0.15, -0.1) is 12.4 Å². The normalized spacial score (nSPS) is 25.9. The molecule has 0 aromatic heterocycles. The Labute approximate surface area is 133 Å². The summed E-state index contributed by atoms with van der Waals surface area (Å²) in [7, 11) is -2.94. The lowest BCUT2D eigenvalue weighted by atomic mass is 10.2. The minimum Gasteiger partial charge on any atom is -0.338 e. The molecule has 1 unspecified atom stereocenters. The number of hydrogen-bond donors (Lipinski definition) is 1. The molecule has 0 spiro atoms. The van der Waals surface area contributed by atoms with Crippen molar-refractivity contribution < 1.29 is 13.2 Å². The molecule has 0 saturated carbocycles. The molecule has 0 aromatic carbocycles. The number of sulfone groups is 1. The molecular formula is C13H26ClN3O3S. The second-order valence-electron chi connectivity index (χ2n) is 5.62. The van der Waals surface area contributed by atoms with E-state index in [1.807, 2.05) is 6.92 Å². The molecule has 6 nitrogen and oxygen atoms in total. The number of nitrogens with one attached hydrogen (secondary N) is 1. The molecule has 124 valence electrons. The maximum Gasteiger partial charge on any atom is 0.237 e. The van der Waals surface area contributed by atoms with E-state index in [1.54, 1.807) is 4.90 Å². The van der Waals surface area contributed by atoms with Gasteiger partial charge in [-0.25, -0.2) is 8.42 Å². The number of likely N-dealkylation sites (N-methyl/N-ethyl adjacent to an activating group) is 1. The van der Waals surface area contributed by atoms with Gasteiger partial charge in [0.15, 0.2) is 9.84 Å². The topological polar surface area (TPSA) is 69.7 Å². The van der Waals surface area contributed by atoms with Crippen LogP contribution in [0.25, 0.3) is 0 Å². The van der Waals surface area contributed by atoms with Gasteiger partial charge in [-0.1, -0.05) is 0 Å². The van der Waals surface area contributed by atoms with Crippen molar-refractivity contribution in [2.45, 2.75) is 25.8 Å². The third-order valence-electron chi connectivity index (χ3n) is 4.10. The quantitative estimate of drug-likeness (QED) is 0.764. The summed E-state index contributed by atoms with van der Waals surface area (Å²) in [6.07, 6.45) is 1.64. The molecule has 2 aliphatic heterocycles. The number of carbonyl (C=O) groups excluding carboxylic acids is 1. The number of halogens is 1. The summed E-state index contributed by atoms with van der Waals surface area (Å²) in [5.41, 5.74) is 0. The summed E-state index contributed by atoms with van der Waals surface area (Å²) in [6.45, 7) is 6.65. The first-order valence-electron chi connectivity index (χ1n) is 7.45. The lowest BCUT2D eigenvalue weighted by Crippen LogP contribution is -2.46. The van der Waals surface area contributed by atoms with E-state index in [0.717, 1.165) is 32.6 Å². The standard InChI is InChI=1S/C13H25N3O3S.ClH/c1-2-16(12-4-9-20(18,19)11-12)13(17)10-15-7-3-5-14-6-8-15;/h12,14H,2-11H2,1H3;1H. The second-order valence-corrected chi connectivity index (χ2v) is 7.85. The van der Waals surface area contributed by atoms with Crippen LogP contribution in [0.5, 0.6) is 0 Å². The lowest BCUT2D eigenvalue weighted by Gasteiger charge is -2.29. The van der Waals surface area contributed by atoms with Crippen LogP contribution in [0.15, 0.2) is 0 Å². The summed E-state index contributed by atoms with van der Waals surface area (Å²) in [6, 6.07) is -0.123. The Bertz CT molecular complexity index is 436. The predicted molar refractivity (Wildman–Crippen MR) is 85.6 cm³/mol. The van der Waals surface area contributed by atoms with Gasteiger partial charge in [0.1, 0.15) is 0 Å². The van der Waals surface area contributed by atoms with Crippen LogP contribution in [-0.4, -0.2) is 80.9 Å². The summed E-state index contributed by atoms with van der Waals surface area (Å²) in [4.78, 5) is 16.3. The summed E-state index contributed by atoms with van der Waals surface area (Å²) < 4.78 is 23.1. The van der Waals surface area contributed by atoms with E-state index in [2.05, 4.69) is 10.2 Å². The van der Waals surface area contributed by atoms with E-state index < -0.39 is 9.84 Å². The fraction of sp³-hybridized carbons (Fsp3) is 0.923. The van der Waals surface area contributed by atoms with Crippen molar-refractivity contribution in [1.29, 1.82) is 0 Å². The first-order chi connectivity index (χ1) is 9.52. The van der Waals surface area contributed by atoms with Crippen LogP contribution < -0.4 is 5.32 Å². The molecule has 2 rings (SSSR count). The van der Waals surface area contributed by atoms with E-state index in [9.17, 15) is 13.2 Å². The Morgan fingerprint density at radius 1 is 1.33 bits per heavy atom. The number of amides is 1. The maximum atomic E-state index is 12.4. The molecule has 0 radical (unpaired) electrons. The van der Waals surface area contributed by atoms with Gasteiger partial charge in [-0.05, 0) is 32.9 Å². The molecule has 2 aliphatic rings. The molecule has 0 aromatic rings. The number of hydrogen-bond acceptors (Lipinski definition) is 5. The molecule has 1 atom stereocenters. The number of carbonyl (C=O) groups is 1. The monoisotopic (exact) mass is 339 g/mol. The third kappa shape index (κ3) is 5.39. The average molecular weight is 340 g/mol. The van der Waals surface area contributed by atoms with Gasteiger partial charge < -0.3 is 10.2 Å². The van der Waals surface area contributed by atoms with Crippen molar-refractivity contribution in [2.75, 3.05) is 50.8 Å². The lowest BCUT2D eigenvalue weighted by molar-refractivity contribution is -0.134. The molecule has 0 aliphatic carbocycles. The zero-order chi connectivity index (χ0) is 14.6. The van der Waals surface area contributed by atoms with E-state index >= 15 is 0 Å². The van der Waals surface area contributed by atoms with E-state index in [1.165, 1.54) is 0 Å². The Morgan fingerprint density at radius 2 is 2.10 bits per heavy atom. The van der Waals surface area contributed by atoms with Crippen LogP contribution >= 0.6 is 12.4 Å². The van der Waals surface area contributed by atoms with Crippen LogP contribution in [0.4, 0.5) is 0 Å². The highest BCUT2D eigenvalue weighted by Crippen LogP contribution is 2.18. The molecule has 8 heteroatoms. The van der Waals surface area contributed by atoms with Crippen LogP contribution in [0.2, 0.25) is 0 Å². The third-order valence-corrected chi connectivity index (χ3v) is 5.85. The SMILES string of the molecule is CCN(C(=O)CN1CCCNCC1)C1CCS(=O)(=O)C1.Cl. The van der Waals surface area contributed by atoms with E-state index in [-0.39, 0.29) is 35.9 Å². The second kappa shape index (κ2) is 8.31. The van der Waals surface area contributed by atoms with Crippen molar-refractivity contribution >= 4 is 28.2 Å². The number of nitrogens with zero attached hydrogens (tertiary/aromatic N) is 2. The maximum absolute atomic E-state index is 12.4. The Balaban J connectivity index is 0.00000220. The highest BCUT2D eigenvalue weighted by Gasteiger charge is 2.34. The average Bonchev–Trinajstić information content (AvgIpc) is 2.61. The molecular weight excluding hydrogens is 314 g/mol. The van der Waals surface area contributed by atoms with Crippen molar-refractivity contribution in [3.8, 4) is 0 Å². The number of rotatable bonds is 4. The predicted octanol–water partition coefficient (Wildman–Crippen LogP) is -0.261. The largest absolute Gasteiger partial charge is 0.338 e. The highest BCUT2D eigenvalue weighted by molar-refractivity contribution is 7.91. The fourth-order valence-corrected chi connectivity index (χ4v) is 4.73. The van der Waals surface area contributed by atoms with Crippen molar-refractivity contribution in [2.24, 2.45) is 0 Å². The molecule has 2 fully saturated rings. The molecule has 2 saturated heterocycles. The Hall–Kier alpha value is -0.370. The molecule has 0 bridgehead atoms. The summed E-state index contributed by atoms with van der Waals surface area (Å²) in [5.74, 6) is 0.417.